The summed E-state index contributed by atoms with van der Waals surface area (Å²) in [6, 6.07) is 10.2. The Kier molecular flexibility index (Phi) is 1.82. The zero-order valence-electron chi connectivity index (χ0n) is 7.46. The van der Waals surface area contributed by atoms with Gasteiger partial charge < -0.3 is 5.73 Å². The molecule has 1 aliphatic carbocycles. The minimum Gasteiger partial charge on any atom is -0.321 e. The first kappa shape index (κ1) is 8.28. The Balaban J connectivity index is 2.39. The third-order valence-electron chi connectivity index (χ3n) is 2.61. The fraction of sp³-hybridized carbons (Fsp3) is 0.364. The number of hydrogen-bond acceptors (Lipinski definition) is 2. The van der Waals surface area contributed by atoms with Crippen LogP contribution in [0, 0.1) is 11.3 Å². The average molecular weight is 172 g/mol. The van der Waals surface area contributed by atoms with E-state index in [1.54, 1.807) is 0 Å². The average Bonchev–Trinajstić information content (AvgIpc) is 2.86. The maximum atomic E-state index is 8.64. The molecule has 0 aromatic heterocycles. The standard InChI is InChI=1S/C11H12N2/c12-8-5-9-3-1-2-4-10(9)11(13)6-7-11/h1-4H,5-7,13H2. The lowest BCUT2D eigenvalue weighted by Gasteiger charge is -2.12. The molecule has 2 nitrogen and oxygen atoms in total. The molecule has 1 aromatic rings. The van der Waals surface area contributed by atoms with Gasteiger partial charge in [0.1, 0.15) is 0 Å². The van der Waals surface area contributed by atoms with Gasteiger partial charge in [0, 0.05) is 5.54 Å². The molecule has 0 unspecified atom stereocenters. The molecule has 0 radical (unpaired) electrons. The van der Waals surface area contributed by atoms with Crippen LogP contribution in [0.1, 0.15) is 24.0 Å². The molecule has 0 saturated heterocycles. The van der Waals surface area contributed by atoms with Gasteiger partial charge in [0.05, 0.1) is 12.5 Å². The SMILES string of the molecule is N#CCc1ccccc1C1(N)CC1. The molecule has 1 fully saturated rings. The molecule has 2 heteroatoms. The number of nitriles is 1. The van der Waals surface area contributed by atoms with Gasteiger partial charge in [-0.1, -0.05) is 24.3 Å². The van der Waals surface area contributed by atoms with Crippen molar-refractivity contribution in [3.05, 3.63) is 35.4 Å². The zero-order valence-corrected chi connectivity index (χ0v) is 7.46. The van der Waals surface area contributed by atoms with E-state index in [0.717, 1.165) is 24.0 Å². The fourth-order valence-electron chi connectivity index (χ4n) is 1.65. The third kappa shape index (κ3) is 1.43. The van der Waals surface area contributed by atoms with E-state index in [4.69, 9.17) is 11.0 Å². The normalized spacial score (nSPS) is 17.8. The summed E-state index contributed by atoms with van der Waals surface area (Å²) in [6.07, 6.45) is 2.57. The van der Waals surface area contributed by atoms with E-state index < -0.39 is 0 Å². The smallest absolute Gasteiger partial charge is 0.0669 e. The maximum Gasteiger partial charge on any atom is 0.0669 e. The second kappa shape index (κ2) is 2.86. The molecule has 0 amide bonds. The molecular formula is C11H12N2. The molecule has 0 spiro atoms. The molecule has 66 valence electrons. The topological polar surface area (TPSA) is 49.8 Å². The summed E-state index contributed by atoms with van der Waals surface area (Å²) in [4.78, 5) is 0. The van der Waals surface area contributed by atoms with E-state index in [2.05, 4.69) is 6.07 Å². The summed E-state index contributed by atoms with van der Waals surface area (Å²) >= 11 is 0. The van der Waals surface area contributed by atoms with Crippen molar-refractivity contribution in [3.8, 4) is 6.07 Å². The first-order chi connectivity index (χ1) is 6.26. The summed E-state index contributed by atoms with van der Waals surface area (Å²) in [7, 11) is 0. The van der Waals surface area contributed by atoms with Gasteiger partial charge in [0.15, 0.2) is 0 Å². The van der Waals surface area contributed by atoms with Gasteiger partial charge >= 0.3 is 0 Å². The number of nitrogens with zero attached hydrogens (tertiary/aromatic N) is 1. The summed E-state index contributed by atoms with van der Waals surface area (Å²) < 4.78 is 0. The number of nitrogens with two attached hydrogens (primary N) is 1. The quantitative estimate of drug-likeness (QED) is 0.738. The van der Waals surface area contributed by atoms with Gasteiger partial charge in [0.2, 0.25) is 0 Å². The third-order valence-corrected chi connectivity index (χ3v) is 2.61. The van der Waals surface area contributed by atoms with Crippen LogP contribution in [0.15, 0.2) is 24.3 Å². The second-order valence-corrected chi connectivity index (χ2v) is 3.65. The van der Waals surface area contributed by atoms with Crippen molar-refractivity contribution in [2.24, 2.45) is 5.73 Å². The first-order valence-corrected chi connectivity index (χ1v) is 4.50. The van der Waals surface area contributed by atoms with Gasteiger partial charge in [-0.15, -0.1) is 0 Å². The Morgan fingerprint density at radius 3 is 2.69 bits per heavy atom. The highest BCUT2D eigenvalue weighted by atomic mass is 14.8. The van der Waals surface area contributed by atoms with Crippen LogP contribution in [0.25, 0.3) is 0 Å². The highest BCUT2D eigenvalue weighted by molar-refractivity contribution is 5.38. The van der Waals surface area contributed by atoms with Crippen LogP contribution in [0.4, 0.5) is 0 Å². The molecular weight excluding hydrogens is 160 g/mol. The van der Waals surface area contributed by atoms with E-state index in [1.165, 1.54) is 0 Å². The molecule has 2 N–H and O–H groups in total. The van der Waals surface area contributed by atoms with Gasteiger partial charge in [-0.25, -0.2) is 0 Å². The van der Waals surface area contributed by atoms with Gasteiger partial charge in [-0.3, -0.25) is 0 Å². The highest BCUT2D eigenvalue weighted by Crippen LogP contribution is 2.43. The fourth-order valence-corrected chi connectivity index (χ4v) is 1.65. The van der Waals surface area contributed by atoms with Crippen LogP contribution in [0.5, 0.6) is 0 Å². The molecule has 1 aromatic carbocycles. The van der Waals surface area contributed by atoms with Crippen molar-refractivity contribution in [2.75, 3.05) is 0 Å². The van der Waals surface area contributed by atoms with E-state index in [9.17, 15) is 0 Å². The number of rotatable bonds is 2. The lowest BCUT2D eigenvalue weighted by Crippen LogP contribution is -2.20. The van der Waals surface area contributed by atoms with Gasteiger partial charge in [-0.05, 0) is 24.0 Å². The Morgan fingerprint density at radius 1 is 1.38 bits per heavy atom. The van der Waals surface area contributed by atoms with E-state index >= 15 is 0 Å². The van der Waals surface area contributed by atoms with Gasteiger partial charge in [-0.2, -0.15) is 5.26 Å². The van der Waals surface area contributed by atoms with Crippen molar-refractivity contribution in [3.63, 3.8) is 0 Å². The molecule has 0 aliphatic heterocycles. The summed E-state index contributed by atoms with van der Waals surface area (Å²) in [5, 5.41) is 8.64. The Labute approximate surface area is 78.0 Å². The molecule has 1 aliphatic rings. The van der Waals surface area contributed by atoms with E-state index in [0.29, 0.717) is 6.42 Å². The van der Waals surface area contributed by atoms with Crippen molar-refractivity contribution in [1.82, 2.24) is 0 Å². The van der Waals surface area contributed by atoms with Crippen molar-refractivity contribution in [1.29, 1.82) is 5.26 Å². The minimum absolute atomic E-state index is 0.118. The summed E-state index contributed by atoms with van der Waals surface area (Å²) in [6.45, 7) is 0. The van der Waals surface area contributed by atoms with Crippen LogP contribution in [0.2, 0.25) is 0 Å². The van der Waals surface area contributed by atoms with Crippen molar-refractivity contribution in [2.45, 2.75) is 24.8 Å². The van der Waals surface area contributed by atoms with Crippen LogP contribution in [0.3, 0.4) is 0 Å². The summed E-state index contributed by atoms with van der Waals surface area (Å²) in [5.74, 6) is 0. The lowest BCUT2D eigenvalue weighted by atomic mass is 9.97. The van der Waals surface area contributed by atoms with Crippen LogP contribution in [-0.2, 0) is 12.0 Å². The predicted octanol–water partition coefficient (Wildman–Crippen LogP) is 1.70. The number of benzene rings is 1. The zero-order chi connectivity index (χ0) is 9.31. The van der Waals surface area contributed by atoms with Crippen LogP contribution in [-0.4, -0.2) is 0 Å². The van der Waals surface area contributed by atoms with Crippen LogP contribution >= 0.6 is 0 Å². The summed E-state index contributed by atoms with van der Waals surface area (Å²) in [5.41, 5.74) is 8.22. The second-order valence-electron chi connectivity index (χ2n) is 3.65. The molecule has 13 heavy (non-hydrogen) atoms. The van der Waals surface area contributed by atoms with Crippen LogP contribution < -0.4 is 5.73 Å². The minimum atomic E-state index is -0.118. The molecule has 2 rings (SSSR count). The van der Waals surface area contributed by atoms with Crippen molar-refractivity contribution >= 4 is 0 Å². The van der Waals surface area contributed by atoms with Crippen molar-refractivity contribution < 1.29 is 0 Å². The highest BCUT2D eigenvalue weighted by Gasteiger charge is 2.41. The maximum absolute atomic E-state index is 8.64. The molecule has 0 atom stereocenters. The molecule has 0 bridgehead atoms. The predicted molar refractivity (Wildman–Crippen MR) is 50.9 cm³/mol. The Morgan fingerprint density at radius 2 is 2.08 bits per heavy atom. The Bertz CT molecular complexity index is 359. The first-order valence-electron chi connectivity index (χ1n) is 4.50. The van der Waals surface area contributed by atoms with E-state index in [-0.39, 0.29) is 5.54 Å². The van der Waals surface area contributed by atoms with E-state index in [1.807, 2.05) is 24.3 Å². The molecule has 1 saturated carbocycles. The van der Waals surface area contributed by atoms with Gasteiger partial charge in [0.25, 0.3) is 0 Å². The number of hydrogen-bond donors (Lipinski definition) is 1. The Hall–Kier alpha value is -1.33. The monoisotopic (exact) mass is 172 g/mol. The largest absolute Gasteiger partial charge is 0.321 e. The lowest BCUT2D eigenvalue weighted by molar-refractivity contribution is 0.730. The molecule has 0 heterocycles.